The van der Waals surface area contributed by atoms with Gasteiger partial charge in [-0.1, -0.05) is 11.6 Å². The standard InChI is InChI=1S/C18H14ClF3N2O3/c1-26-12-3-10(4-13(6-12)27-2)14-5-11-8-23-16(19)7-15(11)24(17(14)25)9-18(20,21)22/h3-8H,9H2,1-2H3. The van der Waals surface area contributed by atoms with Gasteiger partial charge in [-0.3, -0.25) is 9.36 Å². The van der Waals surface area contributed by atoms with Crippen LogP contribution in [0.4, 0.5) is 13.2 Å². The van der Waals surface area contributed by atoms with Gasteiger partial charge in [-0.2, -0.15) is 13.2 Å². The number of hydrogen-bond acceptors (Lipinski definition) is 4. The van der Waals surface area contributed by atoms with Crippen molar-refractivity contribution in [3.8, 4) is 22.6 Å². The molecule has 0 aliphatic rings. The molecule has 3 rings (SSSR count). The van der Waals surface area contributed by atoms with E-state index in [1.807, 2.05) is 0 Å². The minimum absolute atomic E-state index is 0.00590. The number of fused-ring (bicyclic) bond motifs is 1. The Morgan fingerprint density at radius 2 is 1.70 bits per heavy atom. The van der Waals surface area contributed by atoms with Crippen LogP contribution in [0.3, 0.4) is 0 Å². The molecule has 0 bridgehead atoms. The first-order valence-corrected chi connectivity index (χ1v) is 8.09. The van der Waals surface area contributed by atoms with Crippen molar-refractivity contribution in [2.24, 2.45) is 0 Å². The average molecular weight is 399 g/mol. The summed E-state index contributed by atoms with van der Waals surface area (Å²) in [5.41, 5.74) is -0.328. The molecule has 27 heavy (non-hydrogen) atoms. The van der Waals surface area contributed by atoms with Crippen molar-refractivity contribution in [1.29, 1.82) is 0 Å². The van der Waals surface area contributed by atoms with Crippen LogP contribution >= 0.6 is 11.6 Å². The molecule has 9 heteroatoms. The van der Waals surface area contributed by atoms with Crippen molar-refractivity contribution < 1.29 is 22.6 Å². The number of benzene rings is 1. The number of alkyl halides is 3. The fraction of sp³-hybridized carbons (Fsp3) is 0.222. The lowest BCUT2D eigenvalue weighted by atomic mass is 10.0. The number of hydrogen-bond donors (Lipinski definition) is 0. The van der Waals surface area contributed by atoms with Crippen LogP contribution in [0.2, 0.25) is 5.15 Å². The second-order valence-corrected chi connectivity index (χ2v) is 6.12. The molecule has 142 valence electrons. The van der Waals surface area contributed by atoms with E-state index in [9.17, 15) is 18.0 Å². The molecule has 0 radical (unpaired) electrons. The molecule has 0 fully saturated rings. The van der Waals surface area contributed by atoms with Crippen LogP contribution < -0.4 is 15.0 Å². The summed E-state index contributed by atoms with van der Waals surface area (Å²) in [6.07, 6.45) is -3.26. The zero-order valence-corrected chi connectivity index (χ0v) is 15.1. The third kappa shape index (κ3) is 4.00. The molecule has 0 spiro atoms. The van der Waals surface area contributed by atoms with Gasteiger partial charge in [0.05, 0.1) is 19.7 Å². The zero-order chi connectivity index (χ0) is 19.8. The monoisotopic (exact) mass is 398 g/mol. The van der Waals surface area contributed by atoms with E-state index in [1.54, 1.807) is 18.2 Å². The van der Waals surface area contributed by atoms with Crippen molar-refractivity contribution >= 4 is 22.5 Å². The third-order valence-corrected chi connectivity index (χ3v) is 4.15. The smallest absolute Gasteiger partial charge is 0.406 e. The van der Waals surface area contributed by atoms with Crippen molar-refractivity contribution in [3.63, 3.8) is 0 Å². The van der Waals surface area contributed by atoms with Gasteiger partial charge >= 0.3 is 6.18 Å². The molecule has 0 N–H and O–H groups in total. The fourth-order valence-corrected chi connectivity index (χ4v) is 2.91. The Kier molecular flexibility index (Phi) is 5.01. The maximum atomic E-state index is 13.1. The van der Waals surface area contributed by atoms with E-state index in [1.165, 1.54) is 32.5 Å². The number of nitrogens with zero attached hydrogens (tertiary/aromatic N) is 2. The third-order valence-electron chi connectivity index (χ3n) is 3.94. The van der Waals surface area contributed by atoms with Crippen molar-refractivity contribution in [2.45, 2.75) is 12.7 Å². The number of methoxy groups -OCH3 is 2. The van der Waals surface area contributed by atoms with Gasteiger partial charge in [-0.05, 0) is 29.8 Å². The predicted octanol–water partition coefficient (Wildman–Crippen LogP) is 4.30. The summed E-state index contributed by atoms with van der Waals surface area (Å²) in [6, 6.07) is 7.40. The summed E-state index contributed by atoms with van der Waals surface area (Å²) in [6.45, 7) is -1.45. The molecule has 0 aliphatic heterocycles. The highest BCUT2D eigenvalue weighted by molar-refractivity contribution is 6.30. The van der Waals surface area contributed by atoms with Crippen molar-refractivity contribution in [3.05, 3.63) is 52.0 Å². The maximum Gasteiger partial charge on any atom is 0.406 e. The van der Waals surface area contributed by atoms with E-state index in [0.29, 0.717) is 27.0 Å². The van der Waals surface area contributed by atoms with E-state index < -0.39 is 18.3 Å². The van der Waals surface area contributed by atoms with Gasteiger partial charge in [0.1, 0.15) is 23.2 Å². The van der Waals surface area contributed by atoms with Crippen LogP contribution in [-0.4, -0.2) is 29.9 Å². The topological polar surface area (TPSA) is 53.4 Å². The largest absolute Gasteiger partial charge is 0.497 e. The number of ether oxygens (including phenoxy) is 2. The van der Waals surface area contributed by atoms with Gasteiger partial charge < -0.3 is 9.47 Å². The maximum absolute atomic E-state index is 13.1. The van der Waals surface area contributed by atoms with Crippen molar-refractivity contribution in [1.82, 2.24) is 9.55 Å². The Morgan fingerprint density at radius 3 is 2.26 bits per heavy atom. The lowest BCUT2D eigenvalue weighted by Crippen LogP contribution is -2.29. The normalized spacial score (nSPS) is 11.6. The van der Waals surface area contributed by atoms with Crippen LogP contribution in [0.1, 0.15) is 0 Å². The Hall–Kier alpha value is -2.74. The summed E-state index contributed by atoms with van der Waals surface area (Å²) in [5, 5.41) is 0.341. The van der Waals surface area contributed by atoms with Crippen molar-refractivity contribution in [2.75, 3.05) is 14.2 Å². The molecule has 2 heterocycles. The molecular formula is C18H14ClF3N2O3. The van der Waals surface area contributed by atoms with Gasteiger partial charge in [0, 0.05) is 23.2 Å². The minimum Gasteiger partial charge on any atom is -0.497 e. The van der Waals surface area contributed by atoms with E-state index >= 15 is 0 Å². The highest BCUT2D eigenvalue weighted by Gasteiger charge is 2.30. The van der Waals surface area contributed by atoms with Gasteiger partial charge in [-0.15, -0.1) is 0 Å². The number of pyridine rings is 2. The number of aromatic nitrogens is 2. The Morgan fingerprint density at radius 1 is 1.07 bits per heavy atom. The lowest BCUT2D eigenvalue weighted by molar-refractivity contribution is -0.140. The molecule has 0 saturated heterocycles. The Balaban J connectivity index is 2.33. The Labute approximate surface area is 156 Å². The second kappa shape index (κ2) is 7.11. The van der Waals surface area contributed by atoms with Crippen LogP contribution in [0.5, 0.6) is 11.5 Å². The first-order valence-electron chi connectivity index (χ1n) is 7.71. The molecule has 0 amide bonds. The van der Waals surface area contributed by atoms with Gasteiger partial charge in [-0.25, -0.2) is 4.98 Å². The van der Waals surface area contributed by atoms with Crippen LogP contribution in [-0.2, 0) is 6.54 Å². The molecule has 2 aromatic heterocycles. The highest BCUT2D eigenvalue weighted by Crippen LogP contribution is 2.30. The first-order chi connectivity index (χ1) is 12.7. The average Bonchev–Trinajstić information content (AvgIpc) is 2.62. The molecule has 0 unspecified atom stereocenters. The van der Waals surface area contributed by atoms with E-state index in [4.69, 9.17) is 21.1 Å². The summed E-state index contributed by atoms with van der Waals surface area (Å²) in [5.74, 6) is 0.806. The fourth-order valence-electron chi connectivity index (χ4n) is 2.75. The summed E-state index contributed by atoms with van der Waals surface area (Å²) >= 11 is 5.81. The van der Waals surface area contributed by atoms with E-state index in [-0.39, 0.29) is 16.2 Å². The molecule has 0 atom stereocenters. The molecule has 0 aliphatic carbocycles. The molecular weight excluding hydrogens is 385 g/mol. The lowest BCUT2D eigenvalue weighted by Gasteiger charge is -2.15. The molecule has 1 aromatic carbocycles. The van der Waals surface area contributed by atoms with Crippen LogP contribution in [0.25, 0.3) is 22.0 Å². The number of rotatable bonds is 4. The second-order valence-electron chi connectivity index (χ2n) is 5.73. The van der Waals surface area contributed by atoms with Gasteiger partial charge in [0.2, 0.25) is 0 Å². The van der Waals surface area contributed by atoms with Crippen LogP contribution in [0.15, 0.2) is 41.3 Å². The molecule has 3 aromatic rings. The number of halogens is 4. The first kappa shape index (κ1) is 19.0. The minimum atomic E-state index is -4.59. The van der Waals surface area contributed by atoms with E-state index in [0.717, 1.165) is 0 Å². The summed E-state index contributed by atoms with van der Waals surface area (Å²) < 4.78 is 50.2. The Bertz CT molecular complexity index is 1040. The SMILES string of the molecule is COc1cc(OC)cc(-c2cc3cnc(Cl)cc3n(CC(F)(F)F)c2=O)c1. The van der Waals surface area contributed by atoms with Crippen LogP contribution in [0, 0.1) is 0 Å². The zero-order valence-electron chi connectivity index (χ0n) is 14.3. The summed E-state index contributed by atoms with van der Waals surface area (Å²) in [7, 11) is 2.87. The quantitative estimate of drug-likeness (QED) is 0.615. The molecule has 5 nitrogen and oxygen atoms in total. The summed E-state index contributed by atoms with van der Waals surface area (Å²) in [4.78, 5) is 16.8. The van der Waals surface area contributed by atoms with E-state index in [2.05, 4.69) is 4.98 Å². The van der Waals surface area contributed by atoms with Gasteiger partial charge in [0.25, 0.3) is 5.56 Å². The highest BCUT2D eigenvalue weighted by atomic mass is 35.5. The molecule has 0 saturated carbocycles. The predicted molar refractivity (Wildman–Crippen MR) is 95.6 cm³/mol. The van der Waals surface area contributed by atoms with Gasteiger partial charge in [0.15, 0.2) is 0 Å².